The average molecular weight is 183 g/mol. The molecular formula is C12H25N. The second-order valence-electron chi connectivity index (χ2n) is 3.22. The molecule has 1 N–H and O–H groups in total. The molecule has 0 aliphatic carbocycles. The molecule has 0 amide bonds. The highest BCUT2D eigenvalue weighted by Gasteiger charge is 2.04. The molecule has 0 heterocycles. The summed E-state index contributed by atoms with van der Waals surface area (Å²) in [6.45, 7) is 16.4. The van der Waals surface area contributed by atoms with Crippen LogP contribution < -0.4 is 5.32 Å². The van der Waals surface area contributed by atoms with Gasteiger partial charge in [0, 0.05) is 12.7 Å². The fourth-order valence-electron chi connectivity index (χ4n) is 1.14. The summed E-state index contributed by atoms with van der Waals surface area (Å²) in [6.07, 6.45) is 0. The third-order valence-corrected chi connectivity index (χ3v) is 1.89. The van der Waals surface area contributed by atoms with Crippen LogP contribution in [0.2, 0.25) is 0 Å². The lowest BCUT2D eigenvalue weighted by Gasteiger charge is -2.15. The van der Waals surface area contributed by atoms with Crippen molar-refractivity contribution in [2.75, 3.05) is 7.05 Å². The molecule has 1 nitrogen and oxygen atoms in total. The first-order chi connectivity index (χ1) is 6.00. The molecule has 0 bridgehead atoms. The molecule has 0 aliphatic rings. The van der Waals surface area contributed by atoms with Gasteiger partial charge in [-0.1, -0.05) is 39.8 Å². The fraction of sp³-hybridized carbons (Fsp3) is 0.667. The number of hydrogen-bond donors (Lipinski definition) is 1. The number of rotatable bonds is 3. The summed E-state index contributed by atoms with van der Waals surface area (Å²) < 4.78 is 0. The Hall–Kier alpha value is -0.720. The third-order valence-electron chi connectivity index (χ3n) is 1.89. The topological polar surface area (TPSA) is 12.0 Å². The molecule has 13 heavy (non-hydrogen) atoms. The second kappa shape index (κ2) is 7.90. The van der Waals surface area contributed by atoms with Crippen molar-refractivity contribution in [3.8, 4) is 0 Å². The first-order valence-electron chi connectivity index (χ1n) is 5.05. The minimum absolute atomic E-state index is 0.552. The van der Waals surface area contributed by atoms with E-state index < -0.39 is 0 Å². The molecule has 0 spiro atoms. The highest BCUT2D eigenvalue weighted by Crippen LogP contribution is 2.16. The van der Waals surface area contributed by atoms with E-state index in [0.29, 0.717) is 5.92 Å². The molecule has 0 saturated carbocycles. The van der Waals surface area contributed by atoms with Crippen molar-refractivity contribution in [1.29, 1.82) is 0 Å². The highest BCUT2D eigenvalue weighted by molar-refractivity contribution is 5.29. The summed E-state index contributed by atoms with van der Waals surface area (Å²) in [4.78, 5) is 0. The van der Waals surface area contributed by atoms with Gasteiger partial charge in [-0.15, -0.1) is 0 Å². The van der Waals surface area contributed by atoms with E-state index in [4.69, 9.17) is 0 Å². The van der Waals surface area contributed by atoms with Crippen LogP contribution in [-0.2, 0) is 0 Å². The van der Waals surface area contributed by atoms with Gasteiger partial charge in [0.15, 0.2) is 0 Å². The summed E-state index contributed by atoms with van der Waals surface area (Å²) >= 11 is 0. The molecule has 0 atom stereocenters. The van der Waals surface area contributed by atoms with Crippen LogP contribution in [0.5, 0.6) is 0 Å². The van der Waals surface area contributed by atoms with E-state index in [2.05, 4.69) is 32.7 Å². The van der Waals surface area contributed by atoms with E-state index in [-0.39, 0.29) is 0 Å². The quantitative estimate of drug-likeness (QED) is 0.657. The Balaban J connectivity index is 0. The summed E-state index contributed by atoms with van der Waals surface area (Å²) in [5.41, 5.74) is 3.71. The number of hydrogen-bond acceptors (Lipinski definition) is 1. The second-order valence-corrected chi connectivity index (χ2v) is 3.22. The van der Waals surface area contributed by atoms with Crippen molar-refractivity contribution in [2.24, 2.45) is 5.92 Å². The lowest BCUT2D eigenvalue weighted by atomic mass is 10.0. The maximum absolute atomic E-state index is 3.91. The molecule has 1 heteroatoms. The Morgan fingerprint density at radius 3 is 1.62 bits per heavy atom. The van der Waals surface area contributed by atoms with Gasteiger partial charge in [0.2, 0.25) is 0 Å². The summed E-state index contributed by atoms with van der Waals surface area (Å²) in [5, 5.41) is 3.20. The monoisotopic (exact) mass is 183 g/mol. The van der Waals surface area contributed by atoms with E-state index in [9.17, 15) is 0 Å². The van der Waals surface area contributed by atoms with Gasteiger partial charge in [0.1, 0.15) is 0 Å². The number of allylic oxidation sites excluding steroid dienone is 3. The minimum Gasteiger partial charge on any atom is -0.391 e. The van der Waals surface area contributed by atoms with Crippen molar-refractivity contribution in [1.82, 2.24) is 5.32 Å². The molecule has 78 valence electrons. The van der Waals surface area contributed by atoms with Gasteiger partial charge in [-0.2, -0.15) is 0 Å². The Morgan fingerprint density at radius 1 is 1.15 bits per heavy atom. The van der Waals surface area contributed by atoms with E-state index >= 15 is 0 Å². The molecule has 0 radical (unpaired) electrons. The van der Waals surface area contributed by atoms with Crippen LogP contribution in [0.25, 0.3) is 0 Å². The van der Waals surface area contributed by atoms with Gasteiger partial charge in [-0.25, -0.2) is 0 Å². The summed E-state index contributed by atoms with van der Waals surface area (Å²) in [6, 6.07) is 0. The molecule has 0 saturated heterocycles. The molecular weight excluding hydrogens is 158 g/mol. The molecule has 0 fully saturated rings. The Labute approximate surface area is 83.9 Å². The van der Waals surface area contributed by atoms with Gasteiger partial charge in [-0.3, -0.25) is 0 Å². The van der Waals surface area contributed by atoms with E-state index in [0.717, 1.165) is 5.57 Å². The van der Waals surface area contributed by atoms with E-state index in [1.165, 1.54) is 11.3 Å². The van der Waals surface area contributed by atoms with Crippen molar-refractivity contribution in [3.63, 3.8) is 0 Å². The Bertz CT molecular complexity index is 176. The fourth-order valence-corrected chi connectivity index (χ4v) is 1.14. The van der Waals surface area contributed by atoms with Crippen LogP contribution >= 0.6 is 0 Å². The van der Waals surface area contributed by atoms with Gasteiger partial charge in [-0.05, 0) is 25.3 Å². The van der Waals surface area contributed by atoms with Crippen LogP contribution in [0.4, 0.5) is 0 Å². The summed E-state index contributed by atoms with van der Waals surface area (Å²) in [7, 11) is 1.96. The smallest absolute Gasteiger partial charge is 0.0162 e. The highest BCUT2D eigenvalue weighted by atomic mass is 14.8. The van der Waals surface area contributed by atoms with Crippen molar-refractivity contribution < 1.29 is 0 Å². The lowest BCUT2D eigenvalue weighted by Crippen LogP contribution is -2.14. The largest absolute Gasteiger partial charge is 0.391 e. The van der Waals surface area contributed by atoms with Gasteiger partial charge < -0.3 is 5.32 Å². The first kappa shape index (κ1) is 14.8. The SMILES string of the molecule is C=C(C)/C(C)=C(\NC)C(C)C.CC. The molecule has 0 rings (SSSR count). The Morgan fingerprint density at radius 2 is 1.54 bits per heavy atom. The predicted octanol–water partition coefficient (Wildman–Crippen LogP) is 3.74. The van der Waals surface area contributed by atoms with E-state index in [1.807, 2.05) is 27.8 Å². The maximum Gasteiger partial charge on any atom is 0.0162 e. The van der Waals surface area contributed by atoms with Crippen LogP contribution in [0, 0.1) is 5.92 Å². The van der Waals surface area contributed by atoms with Crippen LogP contribution in [0.15, 0.2) is 23.4 Å². The van der Waals surface area contributed by atoms with E-state index in [1.54, 1.807) is 0 Å². The van der Waals surface area contributed by atoms with Crippen LogP contribution in [-0.4, -0.2) is 7.05 Å². The van der Waals surface area contributed by atoms with Crippen molar-refractivity contribution in [2.45, 2.75) is 41.5 Å². The molecule has 0 aliphatic heterocycles. The zero-order valence-corrected chi connectivity index (χ0v) is 10.3. The Kier molecular flexibility index (Phi) is 8.99. The molecule has 0 aromatic rings. The van der Waals surface area contributed by atoms with Gasteiger partial charge in [0.25, 0.3) is 0 Å². The lowest BCUT2D eigenvalue weighted by molar-refractivity contribution is 0.688. The van der Waals surface area contributed by atoms with Crippen LogP contribution in [0.1, 0.15) is 41.5 Å². The molecule has 0 aromatic carbocycles. The standard InChI is InChI=1S/C10H19N.C2H6/c1-7(2)9(5)10(11-6)8(3)4;1-2/h8,11H,1H2,2-6H3;1-2H3/b10-9-;. The van der Waals surface area contributed by atoms with Gasteiger partial charge in [0.05, 0.1) is 0 Å². The first-order valence-corrected chi connectivity index (χ1v) is 5.05. The van der Waals surface area contributed by atoms with Crippen molar-refractivity contribution in [3.05, 3.63) is 23.4 Å². The average Bonchev–Trinajstić information content (AvgIpc) is 2.08. The predicted molar refractivity (Wildman–Crippen MR) is 62.8 cm³/mol. The zero-order valence-electron chi connectivity index (χ0n) is 10.3. The van der Waals surface area contributed by atoms with Crippen molar-refractivity contribution >= 4 is 0 Å². The normalized spacial score (nSPS) is 11.4. The minimum atomic E-state index is 0.552. The third kappa shape index (κ3) is 5.51. The molecule has 0 unspecified atom stereocenters. The number of nitrogens with one attached hydrogen (secondary N) is 1. The molecule has 0 aromatic heterocycles. The van der Waals surface area contributed by atoms with Crippen LogP contribution in [0.3, 0.4) is 0 Å². The summed E-state index contributed by atoms with van der Waals surface area (Å²) in [5.74, 6) is 0.552. The zero-order chi connectivity index (χ0) is 11.0. The maximum atomic E-state index is 3.91. The van der Waals surface area contributed by atoms with Gasteiger partial charge >= 0.3 is 0 Å².